The van der Waals surface area contributed by atoms with Gasteiger partial charge >= 0.3 is 6.18 Å². The zero-order valence-corrected chi connectivity index (χ0v) is 14.3. The van der Waals surface area contributed by atoms with Crippen LogP contribution in [0.15, 0.2) is 48.5 Å². The number of ether oxygens (including phenoxy) is 2. The Labute approximate surface area is 149 Å². The van der Waals surface area contributed by atoms with Crippen molar-refractivity contribution in [3.63, 3.8) is 0 Å². The standard InChI is InChI=1S/C19H20F3NO3/c1-2-11-26-17-9-8-14(19(20,21)22)13-16(17)23-18(24)10-12-25-15-6-4-3-5-7-15/h3-9,13H,2,10-12H2,1H3,(H,23,24). The Morgan fingerprint density at radius 1 is 1.04 bits per heavy atom. The van der Waals surface area contributed by atoms with Crippen LogP contribution in [0, 0.1) is 0 Å². The van der Waals surface area contributed by atoms with Crippen molar-refractivity contribution < 1.29 is 27.4 Å². The number of benzene rings is 2. The molecule has 0 aliphatic carbocycles. The van der Waals surface area contributed by atoms with Crippen LogP contribution in [0.5, 0.6) is 11.5 Å². The van der Waals surface area contributed by atoms with Crippen molar-refractivity contribution >= 4 is 11.6 Å². The zero-order valence-electron chi connectivity index (χ0n) is 14.3. The second-order valence-electron chi connectivity index (χ2n) is 5.52. The maximum absolute atomic E-state index is 12.9. The van der Waals surface area contributed by atoms with Crippen LogP contribution in [0.1, 0.15) is 25.3 Å². The second kappa shape index (κ2) is 9.12. The van der Waals surface area contributed by atoms with Gasteiger partial charge in [-0.05, 0) is 36.8 Å². The number of nitrogens with one attached hydrogen (secondary N) is 1. The number of anilines is 1. The summed E-state index contributed by atoms with van der Waals surface area (Å²) in [6, 6.07) is 12.0. The Morgan fingerprint density at radius 2 is 1.77 bits per heavy atom. The van der Waals surface area contributed by atoms with E-state index in [2.05, 4.69) is 5.32 Å². The van der Waals surface area contributed by atoms with Gasteiger partial charge in [0.2, 0.25) is 5.91 Å². The Kier molecular flexibility index (Phi) is 6.89. The summed E-state index contributed by atoms with van der Waals surface area (Å²) in [5.41, 5.74) is -0.852. The normalized spacial score (nSPS) is 11.1. The largest absolute Gasteiger partial charge is 0.493 e. The first-order valence-electron chi connectivity index (χ1n) is 8.22. The van der Waals surface area contributed by atoms with Gasteiger partial charge in [0.15, 0.2) is 0 Å². The number of carbonyl (C=O) groups excluding carboxylic acids is 1. The number of carbonyl (C=O) groups is 1. The van der Waals surface area contributed by atoms with E-state index in [4.69, 9.17) is 9.47 Å². The van der Waals surface area contributed by atoms with Crippen molar-refractivity contribution in [3.05, 3.63) is 54.1 Å². The van der Waals surface area contributed by atoms with E-state index in [-0.39, 0.29) is 24.5 Å². The first-order chi connectivity index (χ1) is 12.4. The molecular weight excluding hydrogens is 347 g/mol. The number of para-hydroxylation sites is 1. The zero-order chi connectivity index (χ0) is 19.0. The van der Waals surface area contributed by atoms with E-state index in [0.717, 1.165) is 12.1 Å². The molecule has 140 valence electrons. The lowest BCUT2D eigenvalue weighted by molar-refractivity contribution is -0.137. The number of rotatable bonds is 8. The fourth-order valence-electron chi connectivity index (χ4n) is 2.13. The number of halogens is 3. The molecule has 0 fully saturated rings. The van der Waals surface area contributed by atoms with Gasteiger partial charge in [0.25, 0.3) is 0 Å². The summed E-state index contributed by atoms with van der Waals surface area (Å²) in [5.74, 6) is 0.366. The van der Waals surface area contributed by atoms with Gasteiger partial charge in [0, 0.05) is 0 Å². The van der Waals surface area contributed by atoms with Crippen molar-refractivity contribution in [2.24, 2.45) is 0 Å². The quantitative estimate of drug-likeness (QED) is 0.722. The van der Waals surface area contributed by atoms with E-state index in [1.54, 1.807) is 24.3 Å². The minimum Gasteiger partial charge on any atom is -0.493 e. The van der Waals surface area contributed by atoms with E-state index in [9.17, 15) is 18.0 Å². The van der Waals surface area contributed by atoms with E-state index in [0.29, 0.717) is 18.8 Å². The third kappa shape index (κ3) is 5.98. The lowest BCUT2D eigenvalue weighted by Crippen LogP contribution is -2.17. The first kappa shape index (κ1) is 19.6. The minimum atomic E-state index is -4.50. The van der Waals surface area contributed by atoms with Crippen LogP contribution in [-0.4, -0.2) is 19.1 Å². The third-order valence-electron chi connectivity index (χ3n) is 3.38. The van der Waals surface area contributed by atoms with E-state index in [1.807, 2.05) is 13.0 Å². The van der Waals surface area contributed by atoms with Crippen LogP contribution < -0.4 is 14.8 Å². The lowest BCUT2D eigenvalue weighted by Gasteiger charge is -2.15. The molecule has 0 unspecified atom stereocenters. The molecule has 4 nitrogen and oxygen atoms in total. The molecule has 0 aliphatic heterocycles. The molecule has 0 saturated heterocycles. The minimum absolute atomic E-state index is 0.00163. The van der Waals surface area contributed by atoms with Crippen molar-refractivity contribution in [2.45, 2.75) is 25.9 Å². The number of alkyl halides is 3. The van der Waals surface area contributed by atoms with Gasteiger partial charge in [-0.2, -0.15) is 13.2 Å². The van der Waals surface area contributed by atoms with Gasteiger partial charge < -0.3 is 14.8 Å². The van der Waals surface area contributed by atoms with Gasteiger partial charge in [-0.3, -0.25) is 4.79 Å². The van der Waals surface area contributed by atoms with E-state index < -0.39 is 17.6 Å². The fourth-order valence-corrected chi connectivity index (χ4v) is 2.13. The predicted octanol–water partition coefficient (Wildman–Crippen LogP) is 4.90. The van der Waals surface area contributed by atoms with Gasteiger partial charge in [-0.15, -0.1) is 0 Å². The highest BCUT2D eigenvalue weighted by molar-refractivity contribution is 5.92. The van der Waals surface area contributed by atoms with Crippen LogP contribution in [0.25, 0.3) is 0 Å². The molecule has 2 aromatic rings. The smallest absolute Gasteiger partial charge is 0.416 e. The van der Waals surface area contributed by atoms with Crippen LogP contribution in [0.2, 0.25) is 0 Å². The Hall–Kier alpha value is -2.70. The molecule has 0 heterocycles. The summed E-state index contributed by atoms with van der Waals surface area (Å²) in [4.78, 5) is 12.1. The van der Waals surface area contributed by atoms with Gasteiger partial charge in [-0.25, -0.2) is 0 Å². The number of hydrogen-bond donors (Lipinski definition) is 1. The third-order valence-corrected chi connectivity index (χ3v) is 3.38. The molecule has 0 spiro atoms. The van der Waals surface area contributed by atoms with Crippen molar-refractivity contribution in [1.29, 1.82) is 0 Å². The molecule has 1 N–H and O–H groups in total. The van der Waals surface area contributed by atoms with Crippen molar-refractivity contribution in [1.82, 2.24) is 0 Å². The maximum atomic E-state index is 12.9. The molecule has 1 amide bonds. The highest BCUT2D eigenvalue weighted by Crippen LogP contribution is 2.35. The van der Waals surface area contributed by atoms with Gasteiger partial charge in [-0.1, -0.05) is 25.1 Å². The van der Waals surface area contributed by atoms with Gasteiger partial charge in [0.05, 0.1) is 30.9 Å². The van der Waals surface area contributed by atoms with Crippen LogP contribution in [0.4, 0.5) is 18.9 Å². The van der Waals surface area contributed by atoms with Crippen molar-refractivity contribution in [3.8, 4) is 11.5 Å². The summed E-state index contributed by atoms with van der Waals surface area (Å²) < 4.78 is 49.5. The molecule has 0 radical (unpaired) electrons. The monoisotopic (exact) mass is 367 g/mol. The molecule has 0 aromatic heterocycles. The van der Waals surface area contributed by atoms with E-state index >= 15 is 0 Å². The lowest BCUT2D eigenvalue weighted by atomic mass is 10.1. The molecular formula is C19H20F3NO3. The van der Waals surface area contributed by atoms with Crippen molar-refractivity contribution in [2.75, 3.05) is 18.5 Å². The van der Waals surface area contributed by atoms with Crippen LogP contribution >= 0.6 is 0 Å². The predicted molar refractivity (Wildman–Crippen MR) is 92.4 cm³/mol. The summed E-state index contributed by atoms with van der Waals surface area (Å²) in [7, 11) is 0. The van der Waals surface area contributed by atoms with E-state index in [1.165, 1.54) is 6.07 Å². The Balaban J connectivity index is 2.01. The average Bonchev–Trinajstić information content (AvgIpc) is 2.60. The highest BCUT2D eigenvalue weighted by atomic mass is 19.4. The first-order valence-corrected chi connectivity index (χ1v) is 8.22. The molecule has 0 aliphatic rings. The molecule has 2 rings (SSSR count). The summed E-state index contributed by atoms with van der Waals surface area (Å²) >= 11 is 0. The van der Waals surface area contributed by atoms with Crippen LogP contribution in [-0.2, 0) is 11.0 Å². The SMILES string of the molecule is CCCOc1ccc(C(F)(F)F)cc1NC(=O)CCOc1ccccc1. The average molecular weight is 367 g/mol. The Morgan fingerprint density at radius 3 is 2.42 bits per heavy atom. The molecule has 7 heteroatoms. The highest BCUT2D eigenvalue weighted by Gasteiger charge is 2.31. The fraction of sp³-hybridized carbons (Fsp3) is 0.316. The maximum Gasteiger partial charge on any atom is 0.416 e. The molecule has 2 aromatic carbocycles. The molecule has 26 heavy (non-hydrogen) atoms. The summed E-state index contributed by atoms with van der Waals surface area (Å²) in [5, 5.41) is 2.47. The van der Waals surface area contributed by atoms with Crippen LogP contribution in [0.3, 0.4) is 0 Å². The summed E-state index contributed by atoms with van der Waals surface area (Å²) in [6.45, 7) is 2.33. The second-order valence-corrected chi connectivity index (χ2v) is 5.52. The Bertz CT molecular complexity index is 718. The molecule has 0 bridgehead atoms. The van der Waals surface area contributed by atoms with Gasteiger partial charge in [0.1, 0.15) is 11.5 Å². The molecule has 0 atom stereocenters. The number of amides is 1. The summed E-state index contributed by atoms with van der Waals surface area (Å²) in [6.07, 6.45) is -3.81. The topological polar surface area (TPSA) is 47.6 Å². The number of hydrogen-bond acceptors (Lipinski definition) is 3. The molecule has 0 saturated carbocycles.